The van der Waals surface area contributed by atoms with Crippen LogP contribution in [0.5, 0.6) is 0 Å². The van der Waals surface area contributed by atoms with E-state index in [0.717, 1.165) is 17.7 Å². The highest BCUT2D eigenvalue weighted by Crippen LogP contribution is 2.31. The lowest BCUT2D eigenvalue weighted by Gasteiger charge is -2.23. The number of pyridine rings is 1. The van der Waals surface area contributed by atoms with Crippen molar-refractivity contribution in [1.82, 2.24) is 9.88 Å². The van der Waals surface area contributed by atoms with Gasteiger partial charge < -0.3 is 0 Å². The van der Waals surface area contributed by atoms with Gasteiger partial charge in [0.2, 0.25) is 5.91 Å². The predicted octanol–water partition coefficient (Wildman–Crippen LogP) is 1.87. The van der Waals surface area contributed by atoms with Gasteiger partial charge in [-0.25, -0.2) is 4.98 Å². The molecule has 6 nitrogen and oxygen atoms in total. The predicted molar refractivity (Wildman–Crippen MR) is 86.6 cm³/mol. The monoisotopic (exact) mass is 321 g/mol. The molecule has 0 unspecified atom stereocenters. The molecule has 1 aromatic heterocycles. The van der Waals surface area contributed by atoms with E-state index in [-0.39, 0.29) is 18.5 Å². The molecule has 0 spiro atoms. The maximum Gasteiger partial charge on any atom is 0.262 e. The number of aromatic nitrogens is 1. The Morgan fingerprint density at radius 1 is 1.04 bits per heavy atom. The van der Waals surface area contributed by atoms with Crippen molar-refractivity contribution in [2.24, 2.45) is 0 Å². The van der Waals surface area contributed by atoms with E-state index < -0.39 is 11.8 Å². The van der Waals surface area contributed by atoms with Crippen LogP contribution in [-0.4, -0.2) is 40.2 Å². The molecule has 1 aliphatic heterocycles. The maximum absolute atomic E-state index is 12.8. The minimum absolute atomic E-state index is 0.0996. The molecular weight excluding hydrogens is 306 g/mol. The van der Waals surface area contributed by atoms with Crippen LogP contribution in [-0.2, 0) is 4.79 Å². The molecule has 1 aliphatic carbocycles. The van der Waals surface area contributed by atoms with Gasteiger partial charge in [-0.15, -0.1) is 0 Å². The largest absolute Gasteiger partial charge is 0.292 e. The molecule has 0 radical (unpaired) electrons. The zero-order valence-electron chi connectivity index (χ0n) is 12.9. The molecule has 120 valence electrons. The van der Waals surface area contributed by atoms with Gasteiger partial charge in [-0.2, -0.15) is 0 Å². The first-order valence-electron chi connectivity index (χ1n) is 7.85. The van der Waals surface area contributed by atoms with Crippen molar-refractivity contribution in [3.05, 3.63) is 59.8 Å². The quantitative estimate of drug-likeness (QED) is 0.806. The lowest BCUT2D eigenvalue weighted by molar-refractivity contribution is -0.119. The van der Waals surface area contributed by atoms with Crippen LogP contribution >= 0.6 is 0 Å². The summed E-state index contributed by atoms with van der Waals surface area (Å²) in [5.41, 5.74) is 0.706. The first kappa shape index (κ1) is 14.6. The smallest absolute Gasteiger partial charge is 0.262 e. The molecule has 2 aromatic rings. The number of carbonyl (C=O) groups excluding carboxylic acids is 3. The lowest BCUT2D eigenvalue weighted by atomic mass is 10.1. The van der Waals surface area contributed by atoms with Crippen molar-refractivity contribution >= 4 is 23.5 Å². The fourth-order valence-corrected chi connectivity index (χ4v) is 2.94. The zero-order chi connectivity index (χ0) is 16.7. The third kappa shape index (κ3) is 2.36. The van der Waals surface area contributed by atoms with E-state index in [1.54, 1.807) is 47.5 Å². The van der Waals surface area contributed by atoms with Crippen molar-refractivity contribution < 1.29 is 14.4 Å². The molecule has 6 heteroatoms. The van der Waals surface area contributed by atoms with Crippen molar-refractivity contribution in [3.8, 4) is 0 Å². The second kappa shape index (κ2) is 5.56. The van der Waals surface area contributed by atoms with Gasteiger partial charge in [0.25, 0.3) is 11.8 Å². The van der Waals surface area contributed by atoms with E-state index >= 15 is 0 Å². The Hall–Kier alpha value is -3.02. The van der Waals surface area contributed by atoms with Crippen LogP contribution in [0.1, 0.15) is 33.6 Å². The average molecular weight is 321 g/mol. The molecule has 2 aliphatic rings. The summed E-state index contributed by atoms with van der Waals surface area (Å²) in [6, 6.07) is 12.1. The third-order valence-corrected chi connectivity index (χ3v) is 4.25. The minimum atomic E-state index is -0.416. The Balaban J connectivity index is 1.58. The first-order chi connectivity index (χ1) is 11.7. The maximum atomic E-state index is 12.8. The average Bonchev–Trinajstić information content (AvgIpc) is 3.41. The van der Waals surface area contributed by atoms with Crippen molar-refractivity contribution in [1.29, 1.82) is 0 Å². The number of fused-ring (bicyclic) bond motifs is 1. The van der Waals surface area contributed by atoms with Gasteiger partial charge in [0, 0.05) is 12.2 Å². The van der Waals surface area contributed by atoms with Crippen LogP contribution in [0.2, 0.25) is 0 Å². The summed E-state index contributed by atoms with van der Waals surface area (Å²) in [7, 11) is 0. The fourth-order valence-electron chi connectivity index (χ4n) is 2.94. The van der Waals surface area contributed by atoms with Gasteiger partial charge in [0.1, 0.15) is 12.4 Å². The Bertz CT molecular complexity index is 795. The second-order valence-corrected chi connectivity index (χ2v) is 5.92. The Labute approximate surface area is 138 Å². The number of rotatable bonds is 4. The van der Waals surface area contributed by atoms with Gasteiger partial charge >= 0.3 is 0 Å². The molecule has 0 N–H and O–H groups in total. The van der Waals surface area contributed by atoms with Gasteiger partial charge in [0.15, 0.2) is 0 Å². The third-order valence-electron chi connectivity index (χ3n) is 4.25. The zero-order valence-corrected chi connectivity index (χ0v) is 12.9. The van der Waals surface area contributed by atoms with Crippen LogP contribution < -0.4 is 4.90 Å². The Morgan fingerprint density at radius 2 is 1.67 bits per heavy atom. The highest BCUT2D eigenvalue weighted by atomic mass is 16.2. The van der Waals surface area contributed by atoms with Gasteiger partial charge in [-0.05, 0) is 37.1 Å². The number of anilines is 1. The highest BCUT2D eigenvalue weighted by molar-refractivity contribution is 6.22. The van der Waals surface area contributed by atoms with Gasteiger partial charge in [0.05, 0.1) is 11.1 Å². The van der Waals surface area contributed by atoms with E-state index in [9.17, 15) is 14.4 Å². The van der Waals surface area contributed by atoms with Crippen molar-refractivity contribution in [3.63, 3.8) is 0 Å². The van der Waals surface area contributed by atoms with E-state index in [4.69, 9.17) is 0 Å². The summed E-state index contributed by atoms with van der Waals surface area (Å²) >= 11 is 0. The number of hydrogen-bond donors (Lipinski definition) is 0. The van der Waals surface area contributed by atoms with Crippen LogP contribution in [0.3, 0.4) is 0 Å². The molecule has 0 saturated heterocycles. The highest BCUT2D eigenvalue weighted by Gasteiger charge is 2.40. The first-order valence-corrected chi connectivity index (χ1v) is 7.85. The molecule has 2 heterocycles. The summed E-state index contributed by atoms with van der Waals surface area (Å²) in [6.45, 7) is -0.264. The summed E-state index contributed by atoms with van der Waals surface area (Å²) in [6.07, 6.45) is 3.44. The second-order valence-electron chi connectivity index (χ2n) is 5.92. The summed E-state index contributed by atoms with van der Waals surface area (Å²) in [4.78, 5) is 44.4. The molecule has 4 rings (SSSR count). The van der Waals surface area contributed by atoms with Crippen molar-refractivity contribution in [2.45, 2.75) is 18.9 Å². The summed E-state index contributed by atoms with van der Waals surface area (Å²) in [5.74, 6) is -0.561. The summed E-state index contributed by atoms with van der Waals surface area (Å²) in [5, 5.41) is 0. The molecule has 1 aromatic carbocycles. The number of imide groups is 1. The normalized spacial score (nSPS) is 16.2. The molecule has 3 amide bonds. The summed E-state index contributed by atoms with van der Waals surface area (Å²) < 4.78 is 0. The minimum Gasteiger partial charge on any atom is -0.292 e. The van der Waals surface area contributed by atoms with E-state index in [2.05, 4.69) is 4.98 Å². The Kier molecular flexibility index (Phi) is 3.37. The number of carbonyl (C=O) groups is 3. The van der Waals surface area contributed by atoms with Gasteiger partial charge in [-0.3, -0.25) is 24.2 Å². The van der Waals surface area contributed by atoms with Crippen LogP contribution in [0.15, 0.2) is 48.7 Å². The van der Waals surface area contributed by atoms with Gasteiger partial charge in [-0.1, -0.05) is 18.2 Å². The topological polar surface area (TPSA) is 70.6 Å². The van der Waals surface area contributed by atoms with Crippen molar-refractivity contribution in [2.75, 3.05) is 11.4 Å². The molecular formula is C18H15N3O3. The number of hydrogen-bond acceptors (Lipinski definition) is 4. The molecule has 1 saturated carbocycles. The lowest BCUT2D eigenvalue weighted by Crippen LogP contribution is -2.44. The number of amides is 3. The number of nitrogens with zero attached hydrogens (tertiary/aromatic N) is 3. The molecule has 24 heavy (non-hydrogen) atoms. The van der Waals surface area contributed by atoms with Crippen LogP contribution in [0.4, 0.5) is 5.82 Å². The SMILES string of the molecule is O=C1c2ccccc2C(=O)N1CC(=O)N(c1ccccn1)C1CC1. The van der Waals surface area contributed by atoms with E-state index in [1.165, 1.54) is 0 Å². The Morgan fingerprint density at radius 3 is 2.21 bits per heavy atom. The molecule has 0 bridgehead atoms. The molecule has 1 fully saturated rings. The number of benzene rings is 1. The molecule has 0 atom stereocenters. The standard InChI is InChI=1S/C18H15N3O3/c22-16(21(12-8-9-12)15-7-3-4-10-19-15)11-20-17(23)13-5-1-2-6-14(13)18(20)24/h1-7,10,12H,8-9,11H2. The van der Waals surface area contributed by atoms with Crippen LogP contribution in [0.25, 0.3) is 0 Å². The van der Waals surface area contributed by atoms with Crippen LogP contribution in [0, 0.1) is 0 Å². The van der Waals surface area contributed by atoms with E-state index in [0.29, 0.717) is 16.9 Å². The van der Waals surface area contributed by atoms with E-state index in [1.807, 2.05) is 6.07 Å². The fraction of sp³-hybridized carbons (Fsp3) is 0.222.